The van der Waals surface area contributed by atoms with Gasteiger partial charge < -0.3 is 9.47 Å². The molecule has 0 atom stereocenters. The van der Waals surface area contributed by atoms with Crippen LogP contribution in [0.2, 0.25) is 5.02 Å². The van der Waals surface area contributed by atoms with Crippen LogP contribution < -0.4 is 4.74 Å². The van der Waals surface area contributed by atoms with Gasteiger partial charge in [0.1, 0.15) is 12.4 Å². The molecule has 2 nitrogen and oxygen atoms in total. The molecule has 0 radical (unpaired) electrons. The zero-order valence-corrected chi connectivity index (χ0v) is 11.0. The smallest absolute Gasteiger partial charge is 0.140 e. The van der Waals surface area contributed by atoms with Gasteiger partial charge in [-0.25, -0.2) is 0 Å². The molecule has 0 saturated carbocycles. The van der Waals surface area contributed by atoms with E-state index in [9.17, 15) is 0 Å². The van der Waals surface area contributed by atoms with Crippen molar-refractivity contribution < 1.29 is 9.47 Å². The Morgan fingerprint density at radius 3 is 2.73 bits per heavy atom. The predicted octanol–water partition coefficient (Wildman–Crippen LogP) is 3.44. The van der Waals surface area contributed by atoms with Crippen LogP contribution in [0.5, 0.6) is 5.75 Å². The van der Waals surface area contributed by atoms with Crippen LogP contribution in [0.15, 0.2) is 18.2 Å². The highest BCUT2D eigenvalue weighted by molar-refractivity contribution is 9.09. The highest BCUT2D eigenvalue weighted by atomic mass is 79.9. The highest BCUT2D eigenvalue weighted by Gasteiger charge is 2.03. The highest BCUT2D eigenvalue weighted by Crippen LogP contribution is 2.27. The summed E-state index contributed by atoms with van der Waals surface area (Å²) in [6.45, 7) is 3.78. The van der Waals surface area contributed by atoms with Crippen LogP contribution in [0.25, 0.3) is 0 Å². The maximum Gasteiger partial charge on any atom is 0.140 e. The van der Waals surface area contributed by atoms with Crippen LogP contribution in [0.1, 0.15) is 5.56 Å². The maximum atomic E-state index is 6.00. The van der Waals surface area contributed by atoms with Crippen LogP contribution in [0.4, 0.5) is 0 Å². The first-order valence-electron chi connectivity index (χ1n) is 4.77. The summed E-state index contributed by atoms with van der Waals surface area (Å²) in [5.74, 6) is 0.751. The number of ether oxygens (including phenoxy) is 2. The van der Waals surface area contributed by atoms with Crippen molar-refractivity contribution in [1.82, 2.24) is 0 Å². The minimum atomic E-state index is 0.525. The van der Waals surface area contributed by atoms with E-state index in [1.165, 1.54) is 0 Å². The van der Waals surface area contributed by atoms with Gasteiger partial charge in [-0.05, 0) is 18.6 Å². The van der Waals surface area contributed by atoms with Crippen LogP contribution in [0, 0.1) is 6.92 Å². The predicted molar refractivity (Wildman–Crippen MR) is 66.3 cm³/mol. The third-order valence-corrected chi connectivity index (χ3v) is 2.48. The molecule has 4 heteroatoms. The van der Waals surface area contributed by atoms with Crippen LogP contribution in [-0.4, -0.2) is 25.2 Å². The number of para-hydroxylation sites is 1. The van der Waals surface area contributed by atoms with E-state index in [-0.39, 0.29) is 0 Å². The molecule has 0 aliphatic carbocycles. The average Bonchev–Trinajstić information content (AvgIpc) is 2.21. The Bertz CT molecular complexity index is 284. The second-order valence-electron chi connectivity index (χ2n) is 3.04. The lowest BCUT2D eigenvalue weighted by Crippen LogP contribution is -2.08. The fraction of sp³-hybridized carbons (Fsp3) is 0.455. The second kappa shape index (κ2) is 7.09. The van der Waals surface area contributed by atoms with Crippen LogP contribution in [-0.2, 0) is 4.74 Å². The van der Waals surface area contributed by atoms with Crippen molar-refractivity contribution >= 4 is 27.5 Å². The topological polar surface area (TPSA) is 18.5 Å². The van der Waals surface area contributed by atoms with Gasteiger partial charge >= 0.3 is 0 Å². The van der Waals surface area contributed by atoms with Crippen LogP contribution >= 0.6 is 27.5 Å². The van der Waals surface area contributed by atoms with Gasteiger partial charge in [0, 0.05) is 5.33 Å². The monoisotopic (exact) mass is 292 g/mol. The van der Waals surface area contributed by atoms with Gasteiger partial charge in [-0.2, -0.15) is 0 Å². The minimum absolute atomic E-state index is 0.525. The lowest BCUT2D eigenvalue weighted by atomic mass is 10.2. The summed E-state index contributed by atoms with van der Waals surface area (Å²) in [7, 11) is 0. The first-order valence-corrected chi connectivity index (χ1v) is 6.27. The van der Waals surface area contributed by atoms with E-state index in [1.807, 2.05) is 25.1 Å². The molecular weight excluding hydrogens is 279 g/mol. The average molecular weight is 294 g/mol. The number of halogens is 2. The first-order chi connectivity index (χ1) is 7.25. The molecule has 0 bridgehead atoms. The van der Waals surface area contributed by atoms with E-state index in [0.717, 1.165) is 16.6 Å². The van der Waals surface area contributed by atoms with E-state index in [2.05, 4.69) is 15.9 Å². The molecule has 84 valence electrons. The Morgan fingerprint density at radius 1 is 1.27 bits per heavy atom. The van der Waals surface area contributed by atoms with Gasteiger partial charge in [-0.1, -0.05) is 39.7 Å². The molecular formula is C11H14BrClO2. The van der Waals surface area contributed by atoms with Gasteiger partial charge in [0.15, 0.2) is 0 Å². The SMILES string of the molecule is Cc1cccc(Cl)c1OCCOCCBr. The Kier molecular flexibility index (Phi) is 6.06. The molecule has 0 N–H and O–H groups in total. The molecule has 1 aromatic rings. The Balaban J connectivity index is 2.37. The molecule has 0 heterocycles. The summed E-state index contributed by atoms with van der Waals surface area (Å²) in [4.78, 5) is 0. The Hall–Kier alpha value is -0.250. The molecule has 1 aromatic carbocycles. The van der Waals surface area contributed by atoms with Gasteiger partial charge in [-0.3, -0.25) is 0 Å². The lowest BCUT2D eigenvalue weighted by Gasteiger charge is -2.10. The second-order valence-corrected chi connectivity index (χ2v) is 4.24. The Labute approximate surface area is 104 Å². The zero-order valence-electron chi connectivity index (χ0n) is 8.63. The normalized spacial score (nSPS) is 10.3. The molecule has 0 saturated heterocycles. The molecule has 0 unspecified atom stereocenters. The number of aryl methyl sites for hydroxylation is 1. The quantitative estimate of drug-likeness (QED) is 0.591. The molecule has 0 amide bonds. The third kappa shape index (κ3) is 4.41. The fourth-order valence-electron chi connectivity index (χ4n) is 1.16. The summed E-state index contributed by atoms with van der Waals surface area (Å²) >= 11 is 9.28. The number of hydrogen-bond acceptors (Lipinski definition) is 2. The summed E-state index contributed by atoms with van der Waals surface area (Å²) in [6, 6.07) is 5.70. The van der Waals surface area contributed by atoms with E-state index in [4.69, 9.17) is 21.1 Å². The first kappa shape index (κ1) is 12.8. The molecule has 15 heavy (non-hydrogen) atoms. The minimum Gasteiger partial charge on any atom is -0.489 e. The van der Waals surface area contributed by atoms with Gasteiger partial charge in [0.05, 0.1) is 18.2 Å². The van der Waals surface area contributed by atoms with Gasteiger partial charge in [-0.15, -0.1) is 0 Å². The van der Waals surface area contributed by atoms with E-state index < -0.39 is 0 Å². The number of benzene rings is 1. The number of rotatable bonds is 6. The van der Waals surface area contributed by atoms with Crippen molar-refractivity contribution in [2.24, 2.45) is 0 Å². The largest absolute Gasteiger partial charge is 0.489 e. The standard InChI is InChI=1S/C11H14BrClO2/c1-9-3-2-4-10(13)11(9)15-8-7-14-6-5-12/h2-4H,5-8H2,1H3. The van der Waals surface area contributed by atoms with Gasteiger partial charge in [0.25, 0.3) is 0 Å². The van der Waals surface area contributed by atoms with Crippen molar-refractivity contribution in [2.75, 3.05) is 25.2 Å². The summed E-state index contributed by atoms with van der Waals surface area (Å²) in [5.41, 5.74) is 1.04. The zero-order chi connectivity index (χ0) is 11.1. The van der Waals surface area contributed by atoms with Crippen molar-refractivity contribution in [2.45, 2.75) is 6.92 Å². The lowest BCUT2D eigenvalue weighted by molar-refractivity contribution is 0.112. The molecule has 0 spiro atoms. The molecule has 0 fully saturated rings. The van der Waals surface area contributed by atoms with Crippen molar-refractivity contribution in [3.8, 4) is 5.75 Å². The van der Waals surface area contributed by atoms with Gasteiger partial charge in [0.2, 0.25) is 0 Å². The van der Waals surface area contributed by atoms with E-state index in [0.29, 0.717) is 24.8 Å². The summed E-state index contributed by atoms with van der Waals surface area (Å²) in [5, 5.41) is 1.49. The van der Waals surface area contributed by atoms with Crippen molar-refractivity contribution in [3.63, 3.8) is 0 Å². The van der Waals surface area contributed by atoms with E-state index in [1.54, 1.807) is 0 Å². The maximum absolute atomic E-state index is 6.00. The summed E-state index contributed by atoms with van der Waals surface area (Å²) in [6.07, 6.45) is 0. The third-order valence-electron chi connectivity index (χ3n) is 1.86. The summed E-state index contributed by atoms with van der Waals surface area (Å²) < 4.78 is 10.8. The van der Waals surface area contributed by atoms with Crippen molar-refractivity contribution in [1.29, 1.82) is 0 Å². The molecule has 0 aliphatic rings. The molecule has 0 aromatic heterocycles. The number of hydrogen-bond donors (Lipinski definition) is 0. The fourth-order valence-corrected chi connectivity index (χ4v) is 1.66. The van der Waals surface area contributed by atoms with Crippen molar-refractivity contribution in [3.05, 3.63) is 28.8 Å². The number of alkyl halides is 1. The Morgan fingerprint density at radius 2 is 2.07 bits per heavy atom. The van der Waals surface area contributed by atoms with E-state index >= 15 is 0 Å². The molecule has 0 aliphatic heterocycles. The molecule has 1 rings (SSSR count). The van der Waals surface area contributed by atoms with Crippen LogP contribution in [0.3, 0.4) is 0 Å².